The van der Waals surface area contributed by atoms with E-state index in [1.807, 2.05) is 42.5 Å². The molecule has 3 aromatic rings. The largest absolute Gasteiger partial charge is 0.328 e. The molecule has 1 aliphatic rings. The highest BCUT2D eigenvalue weighted by Gasteiger charge is 2.41. The van der Waals surface area contributed by atoms with Crippen molar-refractivity contribution >= 4 is 17.7 Å². The van der Waals surface area contributed by atoms with Gasteiger partial charge < -0.3 is 5.32 Å². The average Bonchev–Trinajstić information content (AvgIpc) is 3.10. The minimum Gasteiger partial charge on any atom is -0.328 e. The van der Waals surface area contributed by atoms with E-state index >= 15 is 0 Å². The molecule has 2 unspecified atom stereocenters. The molecule has 3 N–H and O–H groups in total. The second kappa shape index (κ2) is 6.20. The Morgan fingerprint density at radius 1 is 1.20 bits per heavy atom. The van der Waals surface area contributed by atoms with Crippen molar-refractivity contribution in [3.05, 3.63) is 78.9 Å². The number of carbonyl (C=O) groups is 1. The number of nitrogens with zero attached hydrogens (tertiary/aromatic N) is 3. The number of pyridine rings is 1. The smallest absolute Gasteiger partial charge is 0.319 e. The Labute approximate surface area is 144 Å². The van der Waals surface area contributed by atoms with Crippen LogP contribution in [0.3, 0.4) is 0 Å². The summed E-state index contributed by atoms with van der Waals surface area (Å²) in [5, 5.41) is 10.3. The van der Waals surface area contributed by atoms with Gasteiger partial charge in [-0.3, -0.25) is 0 Å². The molecule has 3 heterocycles. The quantitative estimate of drug-likeness (QED) is 0.766. The van der Waals surface area contributed by atoms with E-state index in [1.54, 1.807) is 16.9 Å². The lowest BCUT2D eigenvalue weighted by Crippen LogP contribution is -2.40. The second-order valence-electron chi connectivity index (χ2n) is 5.78. The number of aromatic amines is 1. The fourth-order valence-electron chi connectivity index (χ4n) is 3.06. The minimum absolute atomic E-state index is 0.171. The summed E-state index contributed by atoms with van der Waals surface area (Å²) in [5.41, 5.74) is 1.55. The van der Waals surface area contributed by atoms with Crippen molar-refractivity contribution < 1.29 is 9.78 Å². The molecule has 0 spiro atoms. The number of aromatic nitrogens is 4. The molecule has 0 fully saturated rings. The number of hydrogen-bond donors (Lipinski definition) is 2. The van der Waals surface area contributed by atoms with E-state index in [0.29, 0.717) is 17.5 Å². The number of amides is 1. The van der Waals surface area contributed by atoms with Crippen LogP contribution in [0.5, 0.6) is 0 Å². The molecule has 2 atom stereocenters. The van der Waals surface area contributed by atoms with Gasteiger partial charge in [-0.05, 0) is 11.6 Å². The first-order chi connectivity index (χ1) is 12.2. The SMILES string of the molecule is C=C1Nc2ncnn2C(c2ccccc2)C1C(=O)Nc1cccc[nH+]1. The molecular weight excluding hydrogens is 316 g/mol. The molecule has 1 aromatic carbocycles. The number of anilines is 2. The summed E-state index contributed by atoms with van der Waals surface area (Å²) >= 11 is 0. The Morgan fingerprint density at radius 2 is 2.00 bits per heavy atom. The number of benzene rings is 1. The maximum Gasteiger partial charge on any atom is 0.319 e. The van der Waals surface area contributed by atoms with Crippen LogP contribution in [0.1, 0.15) is 11.6 Å². The van der Waals surface area contributed by atoms with Crippen molar-refractivity contribution in [2.45, 2.75) is 6.04 Å². The van der Waals surface area contributed by atoms with Gasteiger partial charge in [0.15, 0.2) is 0 Å². The van der Waals surface area contributed by atoms with Crippen LogP contribution in [0.2, 0.25) is 0 Å². The third-order valence-corrected chi connectivity index (χ3v) is 4.19. The number of rotatable bonds is 3. The molecule has 0 saturated heterocycles. The van der Waals surface area contributed by atoms with Gasteiger partial charge in [-0.2, -0.15) is 10.1 Å². The minimum atomic E-state index is -0.537. The van der Waals surface area contributed by atoms with Crippen LogP contribution >= 0.6 is 0 Å². The van der Waals surface area contributed by atoms with E-state index < -0.39 is 5.92 Å². The summed E-state index contributed by atoms with van der Waals surface area (Å²) in [6, 6.07) is 15.0. The van der Waals surface area contributed by atoms with Gasteiger partial charge in [0.25, 0.3) is 5.82 Å². The van der Waals surface area contributed by atoms with Crippen molar-refractivity contribution in [3.63, 3.8) is 0 Å². The van der Waals surface area contributed by atoms with E-state index in [4.69, 9.17) is 0 Å². The molecule has 4 rings (SSSR count). The summed E-state index contributed by atoms with van der Waals surface area (Å²) < 4.78 is 1.73. The van der Waals surface area contributed by atoms with Crippen LogP contribution < -0.4 is 15.6 Å². The van der Waals surface area contributed by atoms with Crippen molar-refractivity contribution in [2.75, 3.05) is 10.6 Å². The Kier molecular flexibility index (Phi) is 3.74. The van der Waals surface area contributed by atoms with Crippen LogP contribution in [-0.4, -0.2) is 20.7 Å². The van der Waals surface area contributed by atoms with Crippen LogP contribution in [0, 0.1) is 5.92 Å². The lowest BCUT2D eigenvalue weighted by molar-refractivity contribution is -0.360. The van der Waals surface area contributed by atoms with Gasteiger partial charge in [-0.1, -0.05) is 43.0 Å². The van der Waals surface area contributed by atoms with Gasteiger partial charge >= 0.3 is 5.91 Å². The number of hydrogen-bond acceptors (Lipinski definition) is 4. The standard InChI is InChI=1S/C18H16N6O/c1-12-15(17(25)23-14-9-5-6-10-19-14)16(13-7-3-2-4-8-13)24-18(22-12)20-11-21-24/h2-11,15-16H,1H2,(H,19,23,25)(H,20,21,22)/p+1. The highest BCUT2D eigenvalue weighted by Crippen LogP contribution is 2.37. The van der Waals surface area contributed by atoms with Gasteiger partial charge in [0.05, 0.1) is 6.20 Å². The zero-order valence-electron chi connectivity index (χ0n) is 13.4. The maximum atomic E-state index is 13.0. The van der Waals surface area contributed by atoms with Gasteiger partial charge in [-0.25, -0.2) is 19.8 Å². The lowest BCUT2D eigenvalue weighted by Gasteiger charge is -2.32. The fraction of sp³-hybridized carbons (Fsp3) is 0.111. The molecule has 7 heteroatoms. The van der Waals surface area contributed by atoms with Gasteiger partial charge in [0.1, 0.15) is 18.3 Å². The van der Waals surface area contributed by atoms with Gasteiger partial charge in [0.2, 0.25) is 5.95 Å². The van der Waals surface area contributed by atoms with Gasteiger partial charge in [0, 0.05) is 11.8 Å². The van der Waals surface area contributed by atoms with Crippen molar-refractivity contribution in [1.82, 2.24) is 14.8 Å². The molecule has 0 saturated carbocycles. The highest BCUT2D eigenvalue weighted by molar-refractivity contribution is 5.94. The van der Waals surface area contributed by atoms with E-state index in [9.17, 15) is 4.79 Å². The van der Waals surface area contributed by atoms with Crippen molar-refractivity contribution in [3.8, 4) is 0 Å². The molecule has 1 aliphatic heterocycles. The topological polar surface area (TPSA) is 86.0 Å². The summed E-state index contributed by atoms with van der Waals surface area (Å²) in [7, 11) is 0. The molecule has 124 valence electrons. The Morgan fingerprint density at radius 3 is 2.76 bits per heavy atom. The molecule has 0 aliphatic carbocycles. The first-order valence-corrected chi connectivity index (χ1v) is 7.92. The molecule has 7 nitrogen and oxygen atoms in total. The molecule has 0 bridgehead atoms. The fourth-order valence-corrected chi connectivity index (χ4v) is 3.06. The van der Waals surface area contributed by atoms with E-state index in [-0.39, 0.29) is 11.9 Å². The first-order valence-electron chi connectivity index (χ1n) is 7.92. The number of carbonyl (C=O) groups excluding carboxylic acids is 1. The third-order valence-electron chi connectivity index (χ3n) is 4.19. The molecule has 1 amide bonds. The summed E-state index contributed by atoms with van der Waals surface area (Å²) in [6.45, 7) is 4.05. The highest BCUT2D eigenvalue weighted by atomic mass is 16.2. The third kappa shape index (κ3) is 2.76. The van der Waals surface area contributed by atoms with Gasteiger partial charge in [-0.15, -0.1) is 0 Å². The molecule has 0 radical (unpaired) electrons. The molecular formula is C18H17N6O+. The summed E-state index contributed by atoms with van der Waals surface area (Å²) in [6.07, 6.45) is 3.23. The maximum absolute atomic E-state index is 13.0. The van der Waals surface area contributed by atoms with Crippen LogP contribution in [-0.2, 0) is 4.79 Å². The van der Waals surface area contributed by atoms with E-state index in [2.05, 4.69) is 32.3 Å². The normalized spacial score (nSPS) is 19.0. The predicted molar refractivity (Wildman–Crippen MR) is 92.5 cm³/mol. The number of nitrogens with one attached hydrogen (secondary N) is 3. The Hall–Kier alpha value is -3.48. The lowest BCUT2D eigenvalue weighted by atomic mass is 9.88. The van der Waals surface area contributed by atoms with E-state index in [1.165, 1.54) is 6.33 Å². The summed E-state index contributed by atoms with van der Waals surface area (Å²) in [5.74, 6) is 0.492. The summed E-state index contributed by atoms with van der Waals surface area (Å²) in [4.78, 5) is 20.2. The van der Waals surface area contributed by atoms with Crippen LogP contribution in [0.15, 0.2) is 73.3 Å². The average molecular weight is 333 g/mol. The monoisotopic (exact) mass is 333 g/mol. The first kappa shape index (κ1) is 15.1. The van der Waals surface area contributed by atoms with E-state index in [0.717, 1.165) is 5.56 Å². The predicted octanol–water partition coefficient (Wildman–Crippen LogP) is 1.88. The van der Waals surface area contributed by atoms with Crippen LogP contribution in [0.4, 0.5) is 11.8 Å². The van der Waals surface area contributed by atoms with Crippen LogP contribution in [0.25, 0.3) is 0 Å². The second-order valence-corrected chi connectivity index (χ2v) is 5.78. The zero-order chi connectivity index (χ0) is 17.2. The zero-order valence-corrected chi connectivity index (χ0v) is 13.4. The van der Waals surface area contributed by atoms with Crippen molar-refractivity contribution in [2.24, 2.45) is 5.92 Å². The molecule has 25 heavy (non-hydrogen) atoms. The Balaban J connectivity index is 1.74. The number of H-pyrrole nitrogens is 1. The Bertz CT molecular complexity index is 906. The molecule has 2 aromatic heterocycles. The number of fused-ring (bicyclic) bond motifs is 1. The van der Waals surface area contributed by atoms with Crippen molar-refractivity contribution in [1.29, 1.82) is 0 Å².